The first kappa shape index (κ1) is 19.8. The van der Waals surface area contributed by atoms with Crippen LogP contribution >= 0.6 is 0 Å². The molecule has 0 atom stereocenters. The van der Waals surface area contributed by atoms with Crippen molar-refractivity contribution in [1.82, 2.24) is 15.0 Å². The molecule has 1 aliphatic rings. The van der Waals surface area contributed by atoms with Crippen molar-refractivity contribution in [2.75, 3.05) is 0 Å². The summed E-state index contributed by atoms with van der Waals surface area (Å²) in [5, 5.41) is 0. The van der Waals surface area contributed by atoms with Crippen LogP contribution in [0.5, 0.6) is 0 Å². The standard InChI is InChI=1S/C26H31N3/c1-6-8-10-24-27-23(9-7-2)28-25(29-24)18-12-14-22-20(16-18)19-15-17(3)11-13-21(19)26(22,4)5/h11-16H,6-10H2,1-5H3. The van der Waals surface area contributed by atoms with Gasteiger partial charge in [-0.05, 0) is 48.1 Å². The molecule has 1 heterocycles. The van der Waals surface area contributed by atoms with E-state index in [1.165, 1.54) is 27.8 Å². The summed E-state index contributed by atoms with van der Waals surface area (Å²) in [5.41, 5.74) is 7.86. The summed E-state index contributed by atoms with van der Waals surface area (Å²) in [6.07, 6.45) is 5.12. The van der Waals surface area contributed by atoms with Crippen LogP contribution in [0.15, 0.2) is 36.4 Å². The van der Waals surface area contributed by atoms with Crippen LogP contribution in [0.1, 0.15) is 75.3 Å². The van der Waals surface area contributed by atoms with Crippen molar-refractivity contribution < 1.29 is 0 Å². The average Bonchev–Trinajstić information content (AvgIpc) is 2.93. The molecule has 0 fully saturated rings. The van der Waals surface area contributed by atoms with E-state index in [1.807, 2.05) is 0 Å². The number of unbranched alkanes of at least 4 members (excludes halogenated alkanes) is 1. The Hall–Kier alpha value is -2.55. The largest absolute Gasteiger partial charge is 0.218 e. The smallest absolute Gasteiger partial charge is 0.163 e. The number of fused-ring (bicyclic) bond motifs is 3. The summed E-state index contributed by atoms with van der Waals surface area (Å²) >= 11 is 0. The molecule has 4 rings (SSSR count). The second-order valence-corrected chi connectivity index (χ2v) is 8.78. The van der Waals surface area contributed by atoms with Crippen LogP contribution in [0.4, 0.5) is 0 Å². The topological polar surface area (TPSA) is 38.7 Å². The predicted molar refractivity (Wildman–Crippen MR) is 120 cm³/mol. The summed E-state index contributed by atoms with van der Waals surface area (Å²) in [7, 11) is 0. The number of benzene rings is 2. The van der Waals surface area contributed by atoms with Crippen LogP contribution in [0.25, 0.3) is 22.5 Å². The van der Waals surface area contributed by atoms with E-state index in [1.54, 1.807) is 0 Å². The lowest BCUT2D eigenvalue weighted by Crippen LogP contribution is -2.14. The minimum Gasteiger partial charge on any atom is -0.218 e. The van der Waals surface area contributed by atoms with Gasteiger partial charge in [-0.3, -0.25) is 0 Å². The molecule has 0 N–H and O–H groups in total. The quantitative estimate of drug-likeness (QED) is 0.489. The predicted octanol–water partition coefficient (Wildman–Crippen LogP) is 6.45. The van der Waals surface area contributed by atoms with Gasteiger partial charge in [0.1, 0.15) is 11.6 Å². The van der Waals surface area contributed by atoms with Crippen molar-refractivity contribution in [1.29, 1.82) is 0 Å². The van der Waals surface area contributed by atoms with Gasteiger partial charge in [-0.1, -0.05) is 70.0 Å². The lowest BCUT2D eigenvalue weighted by atomic mass is 9.82. The van der Waals surface area contributed by atoms with Crippen LogP contribution in [-0.4, -0.2) is 15.0 Å². The van der Waals surface area contributed by atoms with Gasteiger partial charge in [0.2, 0.25) is 0 Å². The monoisotopic (exact) mass is 385 g/mol. The van der Waals surface area contributed by atoms with Gasteiger partial charge in [-0.25, -0.2) is 15.0 Å². The highest BCUT2D eigenvalue weighted by Crippen LogP contribution is 2.49. The van der Waals surface area contributed by atoms with E-state index in [0.717, 1.165) is 55.1 Å². The minimum absolute atomic E-state index is 0.0235. The molecule has 29 heavy (non-hydrogen) atoms. The summed E-state index contributed by atoms with van der Waals surface area (Å²) in [6.45, 7) is 11.2. The summed E-state index contributed by atoms with van der Waals surface area (Å²) in [4.78, 5) is 14.4. The Morgan fingerprint density at radius 2 is 1.41 bits per heavy atom. The molecule has 0 spiro atoms. The molecule has 0 bridgehead atoms. The third-order valence-electron chi connectivity index (χ3n) is 6.05. The highest BCUT2D eigenvalue weighted by atomic mass is 15.0. The number of aryl methyl sites for hydroxylation is 3. The first-order valence-electron chi connectivity index (χ1n) is 10.9. The summed E-state index contributed by atoms with van der Waals surface area (Å²) in [6, 6.07) is 13.6. The van der Waals surface area contributed by atoms with E-state index in [-0.39, 0.29) is 5.41 Å². The Bertz CT molecular complexity index is 1050. The van der Waals surface area contributed by atoms with Gasteiger partial charge in [0.25, 0.3) is 0 Å². The molecule has 2 aromatic carbocycles. The minimum atomic E-state index is 0.0235. The Morgan fingerprint density at radius 3 is 2.10 bits per heavy atom. The van der Waals surface area contributed by atoms with E-state index < -0.39 is 0 Å². The van der Waals surface area contributed by atoms with E-state index in [2.05, 4.69) is 71.0 Å². The molecule has 0 saturated carbocycles. The zero-order chi connectivity index (χ0) is 20.6. The number of nitrogens with zero attached hydrogens (tertiary/aromatic N) is 3. The molecule has 1 aromatic heterocycles. The molecule has 0 saturated heterocycles. The summed E-state index contributed by atoms with van der Waals surface area (Å²) < 4.78 is 0. The molecule has 3 heteroatoms. The van der Waals surface area contributed by atoms with E-state index in [4.69, 9.17) is 15.0 Å². The molecule has 3 nitrogen and oxygen atoms in total. The van der Waals surface area contributed by atoms with Gasteiger partial charge in [0.15, 0.2) is 5.82 Å². The van der Waals surface area contributed by atoms with Gasteiger partial charge in [0, 0.05) is 23.8 Å². The molecule has 0 aliphatic heterocycles. The van der Waals surface area contributed by atoms with E-state index in [0.29, 0.717) is 0 Å². The number of hydrogen-bond donors (Lipinski definition) is 0. The second-order valence-electron chi connectivity index (χ2n) is 8.78. The Labute approximate surface area is 174 Å². The molecule has 1 aliphatic carbocycles. The van der Waals surface area contributed by atoms with Crippen LogP contribution in [0.3, 0.4) is 0 Å². The molecular formula is C26H31N3. The third kappa shape index (κ3) is 3.59. The first-order valence-corrected chi connectivity index (χ1v) is 10.9. The zero-order valence-corrected chi connectivity index (χ0v) is 18.3. The number of hydrogen-bond acceptors (Lipinski definition) is 3. The maximum absolute atomic E-state index is 4.84. The fourth-order valence-electron chi connectivity index (χ4n) is 4.40. The molecule has 3 aromatic rings. The van der Waals surface area contributed by atoms with Crippen molar-refractivity contribution in [2.45, 2.75) is 72.1 Å². The maximum atomic E-state index is 4.84. The fraction of sp³-hybridized carbons (Fsp3) is 0.423. The first-order chi connectivity index (χ1) is 13.9. The van der Waals surface area contributed by atoms with Crippen molar-refractivity contribution in [3.8, 4) is 22.5 Å². The van der Waals surface area contributed by atoms with Crippen LogP contribution < -0.4 is 0 Å². The lowest BCUT2D eigenvalue weighted by Gasteiger charge is -2.21. The van der Waals surface area contributed by atoms with Crippen molar-refractivity contribution in [3.05, 3.63) is 64.7 Å². The highest BCUT2D eigenvalue weighted by Gasteiger charge is 2.35. The van der Waals surface area contributed by atoms with E-state index in [9.17, 15) is 0 Å². The molecule has 0 amide bonds. The lowest BCUT2D eigenvalue weighted by molar-refractivity contribution is 0.660. The number of aromatic nitrogens is 3. The average molecular weight is 386 g/mol. The Balaban J connectivity index is 1.83. The highest BCUT2D eigenvalue weighted by molar-refractivity contribution is 5.83. The van der Waals surface area contributed by atoms with Crippen molar-refractivity contribution >= 4 is 0 Å². The van der Waals surface area contributed by atoms with Crippen LogP contribution in [0, 0.1) is 6.92 Å². The van der Waals surface area contributed by atoms with Crippen LogP contribution in [-0.2, 0) is 18.3 Å². The van der Waals surface area contributed by atoms with Crippen molar-refractivity contribution in [3.63, 3.8) is 0 Å². The Kier molecular flexibility index (Phi) is 5.24. The van der Waals surface area contributed by atoms with Crippen LogP contribution in [0.2, 0.25) is 0 Å². The molecule has 0 unspecified atom stereocenters. The van der Waals surface area contributed by atoms with Gasteiger partial charge >= 0.3 is 0 Å². The second kappa shape index (κ2) is 7.70. The number of rotatable bonds is 6. The molecule has 0 radical (unpaired) electrons. The van der Waals surface area contributed by atoms with Crippen molar-refractivity contribution in [2.24, 2.45) is 0 Å². The van der Waals surface area contributed by atoms with Gasteiger partial charge in [0.05, 0.1) is 0 Å². The van der Waals surface area contributed by atoms with Gasteiger partial charge in [-0.2, -0.15) is 0 Å². The normalized spacial score (nSPS) is 14.0. The Morgan fingerprint density at radius 1 is 0.759 bits per heavy atom. The SMILES string of the molecule is CCCCc1nc(CCC)nc(-c2ccc3c(c2)-c2cc(C)ccc2C3(C)C)n1. The molecule has 150 valence electrons. The third-order valence-corrected chi connectivity index (χ3v) is 6.05. The maximum Gasteiger partial charge on any atom is 0.163 e. The van der Waals surface area contributed by atoms with Gasteiger partial charge < -0.3 is 0 Å². The molecular weight excluding hydrogens is 354 g/mol. The summed E-state index contributed by atoms with van der Waals surface area (Å²) in [5.74, 6) is 2.66. The fourth-order valence-corrected chi connectivity index (χ4v) is 4.40. The zero-order valence-electron chi connectivity index (χ0n) is 18.3. The van der Waals surface area contributed by atoms with E-state index >= 15 is 0 Å². The van der Waals surface area contributed by atoms with Gasteiger partial charge in [-0.15, -0.1) is 0 Å².